The molecule has 1 aromatic carbocycles. The van der Waals surface area contributed by atoms with E-state index in [2.05, 4.69) is 10.0 Å². The van der Waals surface area contributed by atoms with E-state index in [1.165, 1.54) is 0 Å². The summed E-state index contributed by atoms with van der Waals surface area (Å²) in [5.41, 5.74) is 1.11. The Hall–Kier alpha value is -1.80. The van der Waals surface area contributed by atoms with Crippen LogP contribution in [0.3, 0.4) is 0 Å². The third kappa shape index (κ3) is 5.11. The Morgan fingerprint density at radius 3 is 2.43 bits per heavy atom. The summed E-state index contributed by atoms with van der Waals surface area (Å²) in [4.78, 5) is 13.7. The topological polar surface area (TPSA) is 87.7 Å². The highest BCUT2D eigenvalue weighted by molar-refractivity contribution is 7.92. The van der Waals surface area contributed by atoms with E-state index in [4.69, 9.17) is 4.74 Å². The Kier molecular flexibility index (Phi) is 5.84. The monoisotopic (exact) mass is 341 g/mol. The van der Waals surface area contributed by atoms with Gasteiger partial charge in [0.2, 0.25) is 10.0 Å². The fraction of sp³-hybridized carbons (Fsp3) is 0.533. The van der Waals surface area contributed by atoms with Crippen LogP contribution in [0.1, 0.15) is 13.3 Å². The van der Waals surface area contributed by atoms with Crippen LogP contribution in [0.15, 0.2) is 24.3 Å². The van der Waals surface area contributed by atoms with Gasteiger partial charge in [-0.15, -0.1) is 0 Å². The van der Waals surface area contributed by atoms with Crippen LogP contribution in [0.4, 0.5) is 16.2 Å². The standard InChI is InChI=1S/C15H23N3O4S/c1-3-8-23(20,21)17-14-6-4-13(5-7-14)16-15(19)18-9-12(10-18)11-22-2/h4-7,12,17H,3,8-11H2,1-2H3,(H,16,19). The number of anilines is 2. The number of methoxy groups -OCH3 is 1. The molecule has 1 fully saturated rings. The van der Waals surface area contributed by atoms with Crippen molar-refractivity contribution in [2.75, 3.05) is 42.6 Å². The van der Waals surface area contributed by atoms with E-state index < -0.39 is 10.0 Å². The van der Waals surface area contributed by atoms with Crippen LogP contribution in [-0.4, -0.2) is 51.9 Å². The maximum atomic E-state index is 12.0. The average Bonchev–Trinajstić information content (AvgIpc) is 2.44. The predicted molar refractivity (Wildman–Crippen MR) is 90.1 cm³/mol. The Morgan fingerprint density at radius 2 is 1.87 bits per heavy atom. The second-order valence-corrected chi connectivity index (χ2v) is 7.50. The number of carbonyl (C=O) groups is 1. The lowest BCUT2D eigenvalue weighted by atomic mass is 10.0. The molecule has 8 heteroatoms. The predicted octanol–water partition coefficient (Wildman–Crippen LogP) is 1.95. The number of likely N-dealkylation sites (tertiary alicyclic amines) is 1. The van der Waals surface area contributed by atoms with Gasteiger partial charge in [0, 0.05) is 37.5 Å². The molecule has 2 rings (SSSR count). The van der Waals surface area contributed by atoms with Gasteiger partial charge < -0.3 is 15.0 Å². The number of hydrogen-bond acceptors (Lipinski definition) is 4. The lowest BCUT2D eigenvalue weighted by Gasteiger charge is -2.38. The summed E-state index contributed by atoms with van der Waals surface area (Å²) in [6.07, 6.45) is 0.559. The Balaban J connectivity index is 1.85. The lowest BCUT2D eigenvalue weighted by molar-refractivity contribution is 0.0599. The van der Waals surface area contributed by atoms with Gasteiger partial charge in [0.25, 0.3) is 0 Å². The number of nitrogens with zero attached hydrogens (tertiary/aromatic N) is 1. The molecular formula is C15H23N3O4S. The van der Waals surface area contributed by atoms with E-state index >= 15 is 0 Å². The number of benzene rings is 1. The number of nitrogens with one attached hydrogen (secondary N) is 2. The van der Waals surface area contributed by atoms with Crippen molar-refractivity contribution in [2.24, 2.45) is 5.92 Å². The molecule has 7 nitrogen and oxygen atoms in total. The van der Waals surface area contributed by atoms with Gasteiger partial charge in [-0.25, -0.2) is 13.2 Å². The zero-order valence-electron chi connectivity index (χ0n) is 13.4. The molecule has 2 amide bonds. The van der Waals surface area contributed by atoms with E-state index in [0.717, 1.165) is 0 Å². The SMILES string of the molecule is CCCS(=O)(=O)Nc1ccc(NC(=O)N2CC(COC)C2)cc1. The molecule has 1 aliphatic heterocycles. The summed E-state index contributed by atoms with van der Waals surface area (Å²) in [5.74, 6) is 0.490. The zero-order chi connectivity index (χ0) is 16.9. The van der Waals surface area contributed by atoms with Gasteiger partial charge in [-0.3, -0.25) is 4.72 Å². The normalized spacial score (nSPS) is 15.1. The molecule has 0 saturated carbocycles. The van der Waals surface area contributed by atoms with Crippen LogP contribution in [0.2, 0.25) is 0 Å². The van der Waals surface area contributed by atoms with E-state index in [0.29, 0.717) is 43.4 Å². The molecule has 0 aliphatic carbocycles. The van der Waals surface area contributed by atoms with Crippen molar-refractivity contribution in [3.8, 4) is 0 Å². The highest BCUT2D eigenvalue weighted by Crippen LogP contribution is 2.19. The molecular weight excluding hydrogens is 318 g/mol. The Bertz CT molecular complexity index is 625. The molecule has 1 heterocycles. The molecule has 2 N–H and O–H groups in total. The number of amides is 2. The molecule has 0 unspecified atom stereocenters. The molecule has 23 heavy (non-hydrogen) atoms. The first-order valence-electron chi connectivity index (χ1n) is 7.59. The van der Waals surface area contributed by atoms with Crippen molar-refractivity contribution in [2.45, 2.75) is 13.3 Å². The van der Waals surface area contributed by atoms with Gasteiger partial charge in [-0.05, 0) is 30.7 Å². The summed E-state index contributed by atoms with van der Waals surface area (Å²) in [6.45, 7) is 3.85. The Labute approximate surface area is 137 Å². The summed E-state index contributed by atoms with van der Waals surface area (Å²) in [6, 6.07) is 6.46. The molecule has 128 valence electrons. The Morgan fingerprint density at radius 1 is 1.26 bits per heavy atom. The van der Waals surface area contributed by atoms with Crippen LogP contribution in [0.5, 0.6) is 0 Å². The van der Waals surface area contributed by atoms with Crippen molar-refractivity contribution < 1.29 is 17.9 Å². The van der Waals surface area contributed by atoms with E-state index in [1.54, 1.807) is 36.3 Å². The lowest BCUT2D eigenvalue weighted by Crippen LogP contribution is -2.53. The largest absolute Gasteiger partial charge is 0.384 e. The molecule has 0 bridgehead atoms. The van der Waals surface area contributed by atoms with E-state index in [9.17, 15) is 13.2 Å². The molecule has 0 radical (unpaired) electrons. The van der Waals surface area contributed by atoms with Crippen LogP contribution in [0.25, 0.3) is 0 Å². The molecule has 1 saturated heterocycles. The quantitative estimate of drug-likeness (QED) is 0.793. The van der Waals surface area contributed by atoms with E-state index in [-0.39, 0.29) is 11.8 Å². The highest BCUT2D eigenvalue weighted by Gasteiger charge is 2.30. The molecule has 0 spiro atoms. The first-order valence-corrected chi connectivity index (χ1v) is 9.24. The van der Waals surface area contributed by atoms with Crippen molar-refractivity contribution in [1.82, 2.24) is 4.90 Å². The molecule has 0 aromatic heterocycles. The smallest absolute Gasteiger partial charge is 0.321 e. The maximum absolute atomic E-state index is 12.0. The summed E-state index contributed by atoms with van der Waals surface area (Å²) >= 11 is 0. The first kappa shape index (κ1) is 17.6. The molecule has 1 aliphatic rings. The third-order valence-corrected chi connectivity index (χ3v) is 5.02. The summed E-state index contributed by atoms with van der Waals surface area (Å²) < 4.78 is 30.9. The first-order chi connectivity index (χ1) is 10.9. The number of urea groups is 1. The summed E-state index contributed by atoms with van der Waals surface area (Å²) in [5, 5.41) is 2.79. The van der Waals surface area contributed by atoms with Crippen molar-refractivity contribution in [3.05, 3.63) is 24.3 Å². The number of ether oxygens (including phenoxy) is 1. The number of carbonyl (C=O) groups excluding carboxylic acids is 1. The van der Waals surface area contributed by atoms with Gasteiger partial charge in [0.1, 0.15) is 0 Å². The minimum absolute atomic E-state index is 0.0864. The second-order valence-electron chi connectivity index (χ2n) is 5.65. The van der Waals surface area contributed by atoms with Gasteiger partial charge in [0.05, 0.1) is 12.4 Å². The van der Waals surface area contributed by atoms with Crippen molar-refractivity contribution >= 4 is 27.4 Å². The van der Waals surface area contributed by atoms with Crippen molar-refractivity contribution in [1.29, 1.82) is 0 Å². The minimum atomic E-state index is -3.30. The van der Waals surface area contributed by atoms with Crippen LogP contribution in [0, 0.1) is 5.92 Å². The maximum Gasteiger partial charge on any atom is 0.321 e. The van der Waals surface area contributed by atoms with Crippen molar-refractivity contribution in [3.63, 3.8) is 0 Å². The van der Waals surface area contributed by atoms with Crippen LogP contribution in [-0.2, 0) is 14.8 Å². The fourth-order valence-electron chi connectivity index (χ4n) is 2.40. The van der Waals surface area contributed by atoms with Gasteiger partial charge in [-0.1, -0.05) is 6.92 Å². The van der Waals surface area contributed by atoms with Crippen LogP contribution < -0.4 is 10.0 Å². The third-order valence-electron chi connectivity index (χ3n) is 3.53. The second kappa shape index (κ2) is 7.65. The van der Waals surface area contributed by atoms with Gasteiger partial charge in [0.15, 0.2) is 0 Å². The summed E-state index contributed by atoms with van der Waals surface area (Å²) in [7, 11) is -1.65. The highest BCUT2D eigenvalue weighted by atomic mass is 32.2. The number of hydrogen-bond donors (Lipinski definition) is 2. The average molecular weight is 341 g/mol. The molecule has 0 atom stereocenters. The number of rotatable bonds is 7. The molecule has 1 aromatic rings. The van der Waals surface area contributed by atoms with Gasteiger partial charge >= 0.3 is 6.03 Å². The number of sulfonamides is 1. The van der Waals surface area contributed by atoms with Crippen LogP contribution >= 0.6 is 0 Å². The fourth-order valence-corrected chi connectivity index (χ4v) is 3.53. The minimum Gasteiger partial charge on any atom is -0.384 e. The van der Waals surface area contributed by atoms with Gasteiger partial charge in [-0.2, -0.15) is 0 Å². The van der Waals surface area contributed by atoms with E-state index in [1.807, 2.05) is 6.92 Å². The zero-order valence-corrected chi connectivity index (χ0v) is 14.2.